The summed E-state index contributed by atoms with van der Waals surface area (Å²) in [7, 11) is 0. The van der Waals surface area contributed by atoms with Crippen LogP contribution in [0.1, 0.15) is 0 Å². The van der Waals surface area contributed by atoms with Crippen molar-refractivity contribution < 1.29 is 20.2 Å². The average molecular weight is 151 g/mol. The van der Waals surface area contributed by atoms with Gasteiger partial charge in [0.25, 0.3) is 0 Å². The lowest BCUT2D eigenvalue weighted by Gasteiger charge is -2.17. The molecule has 62 valence electrons. The van der Waals surface area contributed by atoms with E-state index in [0.717, 1.165) is 0 Å². The number of hydroxylamine groups is 2. The summed E-state index contributed by atoms with van der Waals surface area (Å²) >= 11 is 0. The summed E-state index contributed by atoms with van der Waals surface area (Å²) < 4.78 is 0. The summed E-state index contributed by atoms with van der Waals surface area (Å²) in [4.78, 5) is 4.59. The molecule has 5 heteroatoms. The number of aliphatic hydroxyl groups excluding tert-OH is 3. The highest BCUT2D eigenvalue weighted by Crippen LogP contribution is 1.86. The van der Waals surface area contributed by atoms with Crippen LogP contribution < -0.4 is 0 Å². The minimum atomic E-state index is -0.431. The molecule has 0 saturated carbocycles. The van der Waals surface area contributed by atoms with Crippen molar-refractivity contribution in [3.63, 3.8) is 0 Å². The summed E-state index contributed by atoms with van der Waals surface area (Å²) in [5.74, 6) is 0. The molecule has 0 fully saturated rings. The molecule has 0 atom stereocenters. The minimum absolute atomic E-state index is 0.0556. The van der Waals surface area contributed by atoms with E-state index in [-0.39, 0.29) is 13.2 Å². The molecule has 0 aromatic heterocycles. The van der Waals surface area contributed by atoms with Crippen molar-refractivity contribution >= 4 is 0 Å². The van der Waals surface area contributed by atoms with E-state index in [2.05, 4.69) is 4.84 Å². The Kier molecular flexibility index (Phi) is 6.78. The Morgan fingerprint density at radius 1 is 1.00 bits per heavy atom. The van der Waals surface area contributed by atoms with Crippen LogP contribution in [0.25, 0.3) is 0 Å². The van der Waals surface area contributed by atoms with Crippen molar-refractivity contribution in [3.05, 3.63) is 0 Å². The quantitative estimate of drug-likeness (QED) is 0.307. The molecule has 0 radical (unpaired) electrons. The predicted octanol–water partition coefficient (Wildman–Crippen LogP) is -1.85. The molecule has 0 aromatic carbocycles. The zero-order chi connectivity index (χ0) is 7.82. The molecule has 0 heterocycles. The van der Waals surface area contributed by atoms with E-state index in [1.807, 2.05) is 0 Å². The normalized spacial score (nSPS) is 10.8. The van der Waals surface area contributed by atoms with E-state index >= 15 is 0 Å². The van der Waals surface area contributed by atoms with Crippen LogP contribution in [-0.4, -0.2) is 53.5 Å². The monoisotopic (exact) mass is 151 g/mol. The molecular formula is C5H13NO4. The van der Waals surface area contributed by atoms with Crippen molar-refractivity contribution in [2.75, 3.05) is 33.1 Å². The van der Waals surface area contributed by atoms with Gasteiger partial charge >= 0.3 is 0 Å². The lowest BCUT2D eigenvalue weighted by atomic mass is 10.6. The maximum Gasteiger partial charge on any atom is 0.164 e. The number of aliphatic hydroxyl groups is 3. The van der Waals surface area contributed by atoms with Gasteiger partial charge in [-0.25, -0.2) is 0 Å². The second-order valence-electron chi connectivity index (χ2n) is 1.63. The minimum Gasteiger partial charge on any atom is -0.395 e. The topological polar surface area (TPSA) is 73.2 Å². The summed E-state index contributed by atoms with van der Waals surface area (Å²) in [5, 5.41) is 26.4. The first-order valence-electron chi connectivity index (χ1n) is 3.05. The van der Waals surface area contributed by atoms with Crippen molar-refractivity contribution in [2.45, 2.75) is 0 Å². The van der Waals surface area contributed by atoms with Gasteiger partial charge in [0.1, 0.15) is 0 Å². The standard InChI is InChI=1S/C5H13NO4/c7-3-1-6(2-4-8)10-5-9/h7-9H,1-5H2. The third kappa shape index (κ3) is 4.66. The third-order valence-corrected chi connectivity index (χ3v) is 0.939. The smallest absolute Gasteiger partial charge is 0.164 e. The molecule has 0 aromatic rings. The number of hydrogen-bond acceptors (Lipinski definition) is 5. The molecule has 3 N–H and O–H groups in total. The molecule has 0 amide bonds. The van der Waals surface area contributed by atoms with Crippen LogP contribution in [0.2, 0.25) is 0 Å². The second kappa shape index (κ2) is 6.91. The molecule has 0 spiro atoms. The molecular weight excluding hydrogens is 138 g/mol. The van der Waals surface area contributed by atoms with Crippen LogP contribution in [0.5, 0.6) is 0 Å². The van der Waals surface area contributed by atoms with E-state index < -0.39 is 6.79 Å². The molecule has 0 rings (SSSR count). The van der Waals surface area contributed by atoms with Gasteiger partial charge in [0.05, 0.1) is 13.2 Å². The zero-order valence-electron chi connectivity index (χ0n) is 5.73. The number of nitrogens with zero attached hydrogens (tertiary/aromatic N) is 1. The Bertz CT molecular complexity index is 56.4. The summed E-state index contributed by atoms with van der Waals surface area (Å²) in [6, 6.07) is 0. The molecule has 0 aliphatic carbocycles. The van der Waals surface area contributed by atoms with E-state index in [9.17, 15) is 0 Å². The van der Waals surface area contributed by atoms with Crippen LogP contribution in [0.15, 0.2) is 0 Å². The fraction of sp³-hybridized carbons (Fsp3) is 1.00. The van der Waals surface area contributed by atoms with Crippen LogP contribution in [0.4, 0.5) is 0 Å². The van der Waals surface area contributed by atoms with Gasteiger partial charge in [-0.05, 0) is 0 Å². The zero-order valence-corrected chi connectivity index (χ0v) is 5.73. The third-order valence-electron chi connectivity index (χ3n) is 0.939. The Balaban J connectivity index is 3.30. The van der Waals surface area contributed by atoms with Gasteiger partial charge in [0.2, 0.25) is 0 Å². The molecule has 0 aliphatic rings. The van der Waals surface area contributed by atoms with Crippen LogP contribution >= 0.6 is 0 Å². The van der Waals surface area contributed by atoms with Crippen molar-refractivity contribution in [1.29, 1.82) is 0 Å². The van der Waals surface area contributed by atoms with Gasteiger partial charge in [-0.15, -0.1) is 0 Å². The van der Waals surface area contributed by atoms with Crippen molar-refractivity contribution in [1.82, 2.24) is 5.06 Å². The average Bonchev–Trinajstić information content (AvgIpc) is 1.90. The van der Waals surface area contributed by atoms with Crippen LogP contribution in [0.3, 0.4) is 0 Å². The molecule has 0 aliphatic heterocycles. The Labute approximate surface area is 59.4 Å². The summed E-state index contributed by atoms with van der Waals surface area (Å²) in [6.45, 7) is 0.0439. The van der Waals surface area contributed by atoms with Gasteiger partial charge in [-0.3, -0.25) is 4.84 Å². The lowest BCUT2D eigenvalue weighted by Crippen LogP contribution is -2.30. The fourth-order valence-corrected chi connectivity index (χ4v) is 0.546. The lowest BCUT2D eigenvalue weighted by molar-refractivity contribution is -0.215. The highest BCUT2D eigenvalue weighted by atomic mass is 16.7. The van der Waals surface area contributed by atoms with Crippen LogP contribution in [-0.2, 0) is 4.84 Å². The summed E-state index contributed by atoms with van der Waals surface area (Å²) in [5.41, 5.74) is 0. The predicted molar refractivity (Wildman–Crippen MR) is 33.9 cm³/mol. The van der Waals surface area contributed by atoms with Gasteiger partial charge < -0.3 is 15.3 Å². The molecule has 0 bridgehead atoms. The van der Waals surface area contributed by atoms with E-state index in [4.69, 9.17) is 15.3 Å². The van der Waals surface area contributed by atoms with E-state index in [0.29, 0.717) is 13.1 Å². The molecule has 0 unspecified atom stereocenters. The van der Waals surface area contributed by atoms with E-state index in [1.165, 1.54) is 5.06 Å². The molecule has 10 heavy (non-hydrogen) atoms. The number of hydrogen-bond donors (Lipinski definition) is 3. The first-order chi connectivity index (χ1) is 4.85. The first-order valence-corrected chi connectivity index (χ1v) is 3.05. The largest absolute Gasteiger partial charge is 0.395 e. The SMILES string of the molecule is OCCN(CCO)OCO. The fourth-order valence-electron chi connectivity index (χ4n) is 0.546. The maximum atomic E-state index is 8.41. The van der Waals surface area contributed by atoms with Gasteiger partial charge in [-0.1, -0.05) is 0 Å². The van der Waals surface area contributed by atoms with Gasteiger partial charge in [0, 0.05) is 13.1 Å². The summed E-state index contributed by atoms with van der Waals surface area (Å²) in [6.07, 6.45) is 0. The second-order valence-corrected chi connectivity index (χ2v) is 1.63. The van der Waals surface area contributed by atoms with Gasteiger partial charge in [0.15, 0.2) is 6.79 Å². The van der Waals surface area contributed by atoms with Crippen LogP contribution in [0, 0.1) is 0 Å². The maximum absolute atomic E-state index is 8.41. The Morgan fingerprint density at radius 2 is 1.50 bits per heavy atom. The van der Waals surface area contributed by atoms with E-state index in [1.54, 1.807) is 0 Å². The van der Waals surface area contributed by atoms with Gasteiger partial charge in [-0.2, -0.15) is 5.06 Å². The van der Waals surface area contributed by atoms with Crippen molar-refractivity contribution in [3.8, 4) is 0 Å². The Hall–Kier alpha value is -0.200. The molecule has 5 nitrogen and oxygen atoms in total. The highest BCUT2D eigenvalue weighted by molar-refractivity contribution is 4.41. The Morgan fingerprint density at radius 3 is 1.80 bits per heavy atom. The van der Waals surface area contributed by atoms with Crippen molar-refractivity contribution in [2.24, 2.45) is 0 Å². The first kappa shape index (κ1) is 9.80. The molecule has 0 saturated heterocycles. The number of rotatable bonds is 6. The highest BCUT2D eigenvalue weighted by Gasteiger charge is 2.00.